The second kappa shape index (κ2) is 6.20. The maximum atomic E-state index is 13.7. The van der Waals surface area contributed by atoms with E-state index >= 15 is 0 Å². The van der Waals surface area contributed by atoms with Gasteiger partial charge in [0.15, 0.2) is 17.4 Å². The van der Waals surface area contributed by atoms with Gasteiger partial charge in [0.2, 0.25) is 5.82 Å². The van der Waals surface area contributed by atoms with Crippen molar-refractivity contribution in [2.45, 2.75) is 18.3 Å². The number of aromatic nitrogens is 3. The Hall–Kier alpha value is -2.89. The fourth-order valence-electron chi connectivity index (χ4n) is 3.07. The van der Waals surface area contributed by atoms with E-state index < -0.39 is 11.6 Å². The fourth-order valence-corrected chi connectivity index (χ4v) is 3.07. The molecule has 1 aliphatic carbocycles. The van der Waals surface area contributed by atoms with Crippen LogP contribution in [0.1, 0.15) is 29.4 Å². The van der Waals surface area contributed by atoms with E-state index in [0.717, 1.165) is 17.5 Å². The minimum atomic E-state index is -0.947. The van der Waals surface area contributed by atoms with Crippen LogP contribution in [0, 0.1) is 11.6 Å². The number of pyridine rings is 1. The molecular formula is C19H15F2N3O. The first kappa shape index (κ1) is 15.6. The van der Waals surface area contributed by atoms with Crippen LogP contribution < -0.4 is 4.74 Å². The van der Waals surface area contributed by atoms with Gasteiger partial charge in [-0.25, -0.2) is 14.4 Å². The molecule has 126 valence electrons. The topological polar surface area (TPSA) is 47.9 Å². The maximum Gasteiger partial charge on any atom is 0.200 e. The fraction of sp³-hybridized carbons (Fsp3) is 0.211. The van der Waals surface area contributed by atoms with Crippen LogP contribution in [0.4, 0.5) is 8.78 Å². The normalized spacial score (nSPS) is 18.8. The van der Waals surface area contributed by atoms with E-state index in [1.165, 1.54) is 13.2 Å². The molecule has 1 saturated carbocycles. The highest BCUT2D eigenvalue weighted by molar-refractivity contribution is 5.49. The lowest BCUT2D eigenvalue weighted by Crippen LogP contribution is -1.96. The molecule has 0 radical (unpaired) electrons. The van der Waals surface area contributed by atoms with Crippen LogP contribution in [0.15, 0.2) is 48.9 Å². The van der Waals surface area contributed by atoms with Crippen LogP contribution >= 0.6 is 0 Å². The van der Waals surface area contributed by atoms with Crippen molar-refractivity contribution in [2.75, 3.05) is 7.11 Å². The Morgan fingerprint density at radius 3 is 2.44 bits per heavy atom. The highest BCUT2D eigenvalue weighted by Gasteiger charge is 2.40. The second-order valence-electron chi connectivity index (χ2n) is 6.02. The van der Waals surface area contributed by atoms with Crippen LogP contribution in [-0.2, 0) is 0 Å². The van der Waals surface area contributed by atoms with Crippen molar-refractivity contribution in [3.05, 3.63) is 71.7 Å². The van der Waals surface area contributed by atoms with Crippen molar-refractivity contribution >= 4 is 0 Å². The Balaban J connectivity index is 1.55. The molecule has 0 spiro atoms. The number of benzene rings is 1. The molecule has 3 aromatic rings. The maximum absolute atomic E-state index is 13.7. The van der Waals surface area contributed by atoms with Gasteiger partial charge >= 0.3 is 0 Å². The Morgan fingerprint density at radius 1 is 1.00 bits per heavy atom. The van der Waals surface area contributed by atoms with Crippen LogP contribution in [-0.4, -0.2) is 22.1 Å². The standard InChI is InChI=1S/C19H15F2N3O/c1-25-17-8-12(7-15(20)18(17)21)14-9-13(14)11-3-4-16(24-10-11)19-22-5-2-6-23-19/h2-8,10,13-14H,9H2,1H3. The number of rotatable bonds is 4. The molecule has 4 nitrogen and oxygen atoms in total. The molecule has 1 fully saturated rings. The van der Waals surface area contributed by atoms with Gasteiger partial charge in [-0.1, -0.05) is 6.07 Å². The van der Waals surface area contributed by atoms with Gasteiger partial charge in [-0.05, 0) is 53.6 Å². The lowest BCUT2D eigenvalue weighted by atomic mass is 10.0. The van der Waals surface area contributed by atoms with E-state index in [2.05, 4.69) is 15.0 Å². The van der Waals surface area contributed by atoms with Crippen LogP contribution in [0.2, 0.25) is 0 Å². The average molecular weight is 339 g/mol. The molecule has 1 aliphatic rings. The third-order valence-corrected chi connectivity index (χ3v) is 4.47. The SMILES string of the molecule is COc1cc(C2CC2c2ccc(-c3ncccn3)nc2)cc(F)c1F. The zero-order valence-corrected chi connectivity index (χ0v) is 13.5. The van der Waals surface area contributed by atoms with E-state index in [1.807, 2.05) is 12.1 Å². The number of hydrogen-bond donors (Lipinski definition) is 0. The van der Waals surface area contributed by atoms with E-state index in [-0.39, 0.29) is 17.6 Å². The first-order chi connectivity index (χ1) is 12.2. The molecular weight excluding hydrogens is 324 g/mol. The first-order valence-electron chi connectivity index (χ1n) is 7.93. The molecule has 0 saturated heterocycles. The summed E-state index contributed by atoms with van der Waals surface area (Å²) in [6.45, 7) is 0. The van der Waals surface area contributed by atoms with Gasteiger partial charge in [-0.3, -0.25) is 4.98 Å². The molecule has 25 heavy (non-hydrogen) atoms. The number of methoxy groups -OCH3 is 1. The van der Waals surface area contributed by atoms with Gasteiger partial charge in [-0.2, -0.15) is 4.39 Å². The van der Waals surface area contributed by atoms with Gasteiger partial charge in [0, 0.05) is 18.6 Å². The summed E-state index contributed by atoms with van der Waals surface area (Å²) >= 11 is 0. The molecule has 2 heterocycles. The summed E-state index contributed by atoms with van der Waals surface area (Å²) in [5.74, 6) is -0.924. The summed E-state index contributed by atoms with van der Waals surface area (Å²) in [4.78, 5) is 12.8. The number of halogens is 2. The van der Waals surface area contributed by atoms with Gasteiger partial charge < -0.3 is 4.74 Å². The quantitative estimate of drug-likeness (QED) is 0.718. The van der Waals surface area contributed by atoms with Crippen molar-refractivity contribution in [2.24, 2.45) is 0 Å². The third-order valence-electron chi connectivity index (χ3n) is 4.47. The Labute approximate surface area is 143 Å². The first-order valence-corrected chi connectivity index (χ1v) is 7.93. The van der Waals surface area contributed by atoms with Gasteiger partial charge in [-0.15, -0.1) is 0 Å². The number of hydrogen-bond acceptors (Lipinski definition) is 4. The Bertz CT molecular complexity index is 901. The summed E-state index contributed by atoms with van der Waals surface area (Å²) in [5, 5.41) is 0. The summed E-state index contributed by atoms with van der Waals surface area (Å²) in [7, 11) is 1.33. The molecule has 0 amide bonds. The highest BCUT2D eigenvalue weighted by Crippen LogP contribution is 2.55. The molecule has 4 rings (SSSR count). The van der Waals surface area contributed by atoms with E-state index in [0.29, 0.717) is 11.5 Å². The largest absolute Gasteiger partial charge is 0.494 e. The molecule has 0 N–H and O–H groups in total. The molecule has 6 heteroatoms. The lowest BCUT2D eigenvalue weighted by molar-refractivity contribution is 0.371. The molecule has 2 atom stereocenters. The van der Waals surface area contributed by atoms with Crippen LogP contribution in [0.5, 0.6) is 5.75 Å². The number of ether oxygens (including phenoxy) is 1. The van der Waals surface area contributed by atoms with Crippen LogP contribution in [0.25, 0.3) is 11.5 Å². The zero-order valence-electron chi connectivity index (χ0n) is 13.5. The van der Waals surface area contributed by atoms with E-state index in [4.69, 9.17) is 4.74 Å². The number of nitrogens with zero attached hydrogens (tertiary/aromatic N) is 3. The summed E-state index contributed by atoms with van der Waals surface area (Å²) in [6.07, 6.45) is 6.02. The average Bonchev–Trinajstić information content (AvgIpc) is 3.45. The lowest BCUT2D eigenvalue weighted by Gasteiger charge is -2.07. The Morgan fingerprint density at radius 2 is 1.76 bits per heavy atom. The summed E-state index contributed by atoms with van der Waals surface area (Å²) in [6, 6.07) is 8.44. The molecule has 0 bridgehead atoms. The van der Waals surface area contributed by atoms with Crippen molar-refractivity contribution in [1.29, 1.82) is 0 Å². The minimum absolute atomic E-state index is 0.0599. The predicted molar refractivity (Wildman–Crippen MR) is 88.3 cm³/mol. The Kier molecular flexibility index (Phi) is 3.87. The van der Waals surface area contributed by atoms with E-state index in [1.54, 1.807) is 30.7 Å². The molecule has 0 aliphatic heterocycles. The smallest absolute Gasteiger partial charge is 0.200 e. The van der Waals surface area contributed by atoms with E-state index in [9.17, 15) is 8.78 Å². The zero-order chi connectivity index (χ0) is 17.4. The van der Waals surface area contributed by atoms with Crippen molar-refractivity contribution in [3.63, 3.8) is 0 Å². The summed E-state index contributed by atoms with van der Waals surface area (Å²) < 4.78 is 32.2. The molecule has 2 unspecified atom stereocenters. The monoisotopic (exact) mass is 339 g/mol. The van der Waals surface area contributed by atoms with Gasteiger partial charge in [0.1, 0.15) is 5.69 Å². The highest BCUT2D eigenvalue weighted by atomic mass is 19.2. The molecule has 1 aromatic carbocycles. The third kappa shape index (κ3) is 2.95. The second-order valence-corrected chi connectivity index (χ2v) is 6.02. The van der Waals surface area contributed by atoms with Crippen molar-refractivity contribution in [1.82, 2.24) is 15.0 Å². The molecule has 2 aromatic heterocycles. The summed E-state index contributed by atoms with van der Waals surface area (Å²) in [5.41, 5.74) is 2.51. The van der Waals surface area contributed by atoms with Crippen LogP contribution in [0.3, 0.4) is 0 Å². The minimum Gasteiger partial charge on any atom is -0.494 e. The van der Waals surface area contributed by atoms with Crippen molar-refractivity contribution < 1.29 is 13.5 Å². The predicted octanol–water partition coefficient (Wildman–Crippen LogP) is 4.10. The van der Waals surface area contributed by atoms with Gasteiger partial charge in [0.25, 0.3) is 0 Å². The van der Waals surface area contributed by atoms with Gasteiger partial charge in [0.05, 0.1) is 7.11 Å². The van der Waals surface area contributed by atoms with Crippen molar-refractivity contribution in [3.8, 4) is 17.3 Å².